The summed E-state index contributed by atoms with van der Waals surface area (Å²) in [4.78, 5) is 72.4. The molecule has 89 heavy (non-hydrogen) atoms. The molecular formula is C70H136O17P2. The molecule has 0 radical (unpaired) electrons. The summed E-state index contributed by atoms with van der Waals surface area (Å²) in [5, 5.41) is 10.6. The molecule has 0 aromatic carbocycles. The molecular weight excluding hydrogens is 1170 g/mol. The largest absolute Gasteiger partial charge is 0.472 e. The Kier molecular flexibility index (Phi) is 62.1. The normalized spacial score (nSPS) is 14.1. The van der Waals surface area contributed by atoms with Crippen LogP contribution >= 0.6 is 15.6 Å². The van der Waals surface area contributed by atoms with Crippen molar-refractivity contribution < 1.29 is 80.2 Å². The van der Waals surface area contributed by atoms with Crippen LogP contribution in [0.3, 0.4) is 0 Å². The van der Waals surface area contributed by atoms with Crippen LogP contribution in [0.5, 0.6) is 0 Å². The first-order chi connectivity index (χ1) is 43.0. The van der Waals surface area contributed by atoms with Crippen molar-refractivity contribution in [3.05, 3.63) is 0 Å². The lowest BCUT2D eigenvalue weighted by atomic mass is 10.0. The van der Waals surface area contributed by atoms with Crippen molar-refractivity contribution in [2.24, 2.45) is 5.92 Å². The van der Waals surface area contributed by atoms with E-state index in [-0.39, 0.29) is 25.7 Å². The molecule has 0 saturated carbocycles. The fourth-order valence-electron chi connectivity index (χ4n) is 10.6. The average molecular weight is 1310 g/mol. The van der Waals surface area contributed by atoms with Crippen LogP contribution in [0.1, 0.15) is 362 Å². The first-order valence-electron chi connectivity index (χ1n) is 36.6. The van der Waals surface area contributed by atoms with E-state index >= 15 is 0 Å². The second kappa shape index (κ2) is 63.5. The van der Waals surface area contributed by atoms with Gasteiger partial charge < -0.3 is 33.8 Å². The van der Waals surface area contributed by atoms with Gasteiger partial charge in [0.2, 0.25) is 0 Å². The fraction of sp³-hybridized carbons (Fsp3) is 0.943. The van der Waals surface area contributed by atoms with E-state index in [4.69, 9.17) is 37.0 Å². The number of carbonyl (C=O) groups excluding carboxylic acids is 4. The second-order valence-corrected chi connectivity index (χ2v) is 28.7. The quantitative estimate of drug-likeness (QED) is 0.0222. The number of ether oxygens (including phenoxy) is 4. The van der Waals surface area contributed by atoms with Crippen LogP contribution in [-0.4, -0.2) is 96.7 Å². The number of aliphatic hydroxyl groups excluding tert-OH is 1. The maximum Gasteiger partial charge on any atom is 0.472 e. The van der Waals surface area contributed by atoms with E-state index in [2.05, 4.69) is 34.6 Å². The molecule has 2 unspecified atom stereocenters. The highest BCUT2D eigenvalue weighted by atomic mass is 31.2. The molecule has 0 fully saturated rings. The number of esters is 4. The van der Waals surface area contributed by atoms with Crippen molar-refractivity contribution in [1.82, 2.24) is 0 Å². The zero-order chi connectivity index (χ0) is 65.6. The second-order valence-electron chi connectivity index (χ2n) is 25.7. The highest BCUT2D eigenvalue weighted by Crippen LogP contribution is 2.45. The lowest BCUT2D eigenvalue weighted by Gasteiger charge is -2.21. The minimum atomic E-state index is -4.95. The summed E-state index contributed by atoms with van der Waals surface area (Å²) in [5.74, 6) is -1.43. The molecule has 0 spiro atoms. The van der Waals surface area contributed by atoms with Crippen LogP contribution < -0.4 is 0 Å². The number of phosphoric ester groups is 2. The predicted octanol–water partition coefficient (Wildman–Crippen LogP) is 20.1. The van der Waals surface area contributed by atoms with Gasteiger partial charge in [-0.1, -0.05) is 311 Å². The molecule has 17 nitrogen and oxygen atoms in total. The van der Waals surface area contributed by atoms with Crippen LogP contribution in [-0.2, 0) is 65.4 Å². The van der Waals surface area contributed by atoms with E-state index in [9.17, 15) is 43.2 Å². The third kappa shape index (κ3) is 64.6. The number of rotatable bonds is 70. The first kappa shape index (κ1) is 87.1. The van der Waals surface area contributed by atoms with Gasteiger partial charge in [-0.25, -0.2) is 9.13 Å². The molecule has 0 bridgehead atoms. The van der Waals surface area contributed by atoms with E-state index in [1.165, 1.54) is 180 Å². The van der Waals surface area contributed by atoms with Crippen molar-refractivity contribution >= 4 is 39.5 Å². The van der Waals surface area contributed by atoms with Gasteiger partial charge in [-0.2, -0.15) is 0 Å². The van der Waals surface area contributed by atoms with E-state index in [0.717, 1.165) is 96.3 Å². The van der Waals surface area contributed by atoms with E-state index in [0.29, 0.717) is 31.6 Å². The highest BCUT2D eigenvalue weighted by Gasteiger charge is 2.30. The summed E-state index contributed by atoms with van der Waals surface area (Å²) in [6.45, 7) is 7.16. The number of hydrogen-bond acceptors (Lipinski definition) is 15. The van der Waals surface area contributed by atoms with Gasteiger partial charge in [-0.05, 0) is 31.6 Å². The third-order valence-electron chi connectivity index (χ3n) is 16.3. The molecule has 0 heterocycles. The molecule has 0 aromatic rings. The average Bonchev–Trinajstić information content (AvgIpc) is 3.67. The maximum absolute atomic E-state index is 13.0. The summed E-state index contributed by atoms with van der Waals surface area (Å²) < 4.78 is 68.2. The Morgan fingerprint density at radius 1 is 0.303 bits per heavy atom. The summed E-state index contributed by atoms with van der Waals surface area (Å²) in [7, 11) is -9.89. The van der Waals surface area contributed by atoms with Gasteiger partial charge in [0.1, 0.15) is 19.3 Å². The smallest absolute Gasteiger partial charge is 0.462 e. The van der Waals surface area contributed by atoms with Crippen molar-refractivity contribution in [2.75, 3.05) is 39.6 Å². The number of unbranched alkanes of at least 4 members (excludes halogenated alkanes) is 42. The SMILES string of the molecule is CCCCCCCCCCCCCCCCCCCCC(=O)O[C@H](COC(=O)CCCCCCCCCCCCCCC)COP(=O)(O)OC[C@@H](O)COP(=O)(O)OC[C@@H](COC(=O)CCCCCCCCCC)OC(=O)CCCCCCCCCC(C)C. The number of aliphatic hydroxyl groups is 1. The zero-order valence-electron chi connectivity index (χ0n) is 57.6. The molecule has 0 saturated heterocycles. The van der Waals surface area contributed by atoms with E-state index in [1.807, 2.05) is 0 Å². The summed E-state index contributed by atoms with van der Waals surface area (Å²) in [6.07, 6.45) is 50.1. The zero-order valence-corrected chi connectivity index (χ0v) is 59.4. The Hall–Kier alpha value is -1.94. The van der Waals surface area contributed by atoms with Gasteiger partial charge in [0, 0.05) is 25.7 Å². The van der Waals surface area contributed by atoms with Crippen LogP contribution in [0.15, 0.2) is 0 Å². The monoisotopic (exact) mass is 1310 g/mol. The van der Waals surface area contributed by atoms with Gasteiger partial charge in [0.15, 0.2) is 12.2 Å². The Morgan fingerprint density at radius 2 is 0.517 bits per heavy atom. The maximum atomic E-state index is 13.0. The van der Waals surface area contributed by atoms with Crippen molar-refractivity contribution in [3.63, 3.8) is 0 Å². The van der Waals surface area contributed by atoms with Crippen LogP contribution in [0, 0.1) is 5.92 Å². The van der Waals surface area contributed by atoms with Gasteiger partial charge in [-0.15, -0.1) is 0 Å². The molecule has 5 atom stereocenters. The van der Waals surface area contributed by atoms with Gasteiger partial charge in [0.05, 0.1) is 26.4 Å². The minimum Gasteiger partial charge on any atom is -0.462 e. The fourth-order valence-corrected chi connectivity index (χ4v) is 12.2. The molecule has 0 aromatic heterocycles. The molecule has 0 aliphatic carbocycles. The van der Waals surface area contributed by atoms with E-state index in [1.54, 1.807) is 0 Å². The van der Waals surface area contributed by atoms with E-state index < -0.39 is 97.5 Å². The molecule has 0 aliphatic heterocycles. The summed E-state index contributed by atoms with van der Waals surface area (Å²) in [6, 6.07) is 0. The molecule has 19 heteroatoms. The number of phosphoric acid groups is 2. The first-order valence-corrected chi connectivity index (χ1v) is 39.6. The van der Waals surface area contributed by atoms with Crippen LogP contribution in [0.2, 0.25) is 0 Å². The van der Waals surface area contributed by atoms with Crippen molar-refractivity contribution in [1.29, 1.82) is 0 Å². The molecule has 0 aliphatic rings. The van der Waals surface area contributed by atoms with Gasteiger partial charge >= 0.3 is 39.5 Å². The molecule has 0 amide bonds. The summed E-state index contributed by atoms with van der Waals surface area (Å²) in [5.41, 5.74) is 0. The lowest BCUT2D eigenvalue weighted by molar-refractivity contribution is -0.161. The molecule has 0 rings (SSSR count). The topological polar surface area (TPSA) is 237 Å². The highest BCUT2D eigenvalue weighted by molar-refractivity contribution is 7.47. The summed E-state index contributed by atoms with van der Waals surface area (Å²) >= 11 is 0. The molecule has 3 N–H and O–H groups in total. The lowest BCUT2D eigenvalue weighted by Crippen LogP contribution is -2.30. The minimum absolute atomic E-state index is 0.104. The Balaban J connectivity index is 5.20. The predicted molar refractivity (Wildman–Crippen MR) is 358 cm³/mol. The number of carbonyl (C=O) groups is 4. The number of hydrogen-bond donors (Lipinski definition) is 3. The Morgan fingerprint density at radius 3 is 0.764 bits per heavy atom. The Labute approximate surface area is 543 Å². The third-order valence-corrected chi connectivity index (χ3v) is 18.2. The molecule has 528 valence electrons. The standard InChI is InChI=1S/C70H136O17P2/c1-6-9-12-15-18-21-23-25-26-27-28-29-31-33-35-40-45-50-55-69(74)86-65(60-81-68(73)54-49-44-39-34-32-30-24-22-19-16-13-10-7-2)61-84-88(76,77)82-57-64(71)58-83-89(78,79)85-62-66(59-80-67(72)53-48-43-38-20-17-14-11-8-3)87-70(75)56-51-46-41-36-37-42-47-52-63(4)5/h63-66,71H,6-62H2,1-5H3,(H,76,77)(H,78,79)/t64-,65-,66-/m1/s1. The Bertz CT molecular complexity index is 1720. The van der Waals surface area contributed by atoms with Gasteiger partial charge in [0.25, 0.3) is 0 Å². The van der Waals surface area contributed by atoms with Crippen LogP contribution in [0.25, 0.3) is 0 Å². The van der Waals surface area contributed by atoms with Crippen molar-refractivity contribution in [3.8, 4) is 0 Å². The van der Waals surface area contributed by atoms with Crippen LogP contribution in [0.4, 0.5) is 0 Å². The van der Waals surface area contributed by atoms with Crippen molar-refractivity contribution in [2.45, 2.75) is 380 Å². The van der Waals surface area contributed by atoms with Gasteiger partial charge in [-0.3, -0.25) is 37.3 Å².